The van der Waals surface area contributed by atoms with Crippen molar-refractivity contribution in [1.29, 1.82) is 0 Å². The second kappa shape index (κ2) is 3.57. The van der Waals surface area contributed by atoms with E-state index in [0.717, 1.165) is 24.5 Å². The minimum absolute atomic E-state index is 0.0630. The molecule has 4 heteroatoms. The van der Waals surface area contributed by atoms with Crippen molar-refractivity contribution < 1.29 is 9.90 Å². The Morgan fingerprint density at radius 1 is 1.71 bits per heavy atom. The number of carbonyl (C=O) groups is 1. The summed E-state index contributed by atoms with van der Waals surface area (Å²) in [7, 11) is 0. The van der Waals surface area contributed by atoms with Gasteiger partial charge in [0.25, 0.3) is 0 Å². The van der Waals surface area contributed by atoms with E-state index in [1.165, 1.54) is 0 Å². The molecule has 1 aliphatic rings. The molecular weight excluding hydrogens is 180 g/mol. The smallest absolute Gasteiger partial charge is 0.307 e. The lowest BCUT2D eigenvalue weighted by atomic mass is 10.2. The van der Waals surface area contributed by atoms with Gasteiger partial charge in [-0.05, 0) is 18.2 Å². The molecule has 2 heterocycles. The Balaban J connectivity index is 2.23. The predicted molar refractivity (Wildman–Crippen MR) is 52.7 cm³/mol. The van der Waals surface area contributed by atoms with Crippen LogP contribution in [0.1, 0.15) is 12.1 Å². The molecule has 0 radical (unpaired) electrons. The lowest BCUT2D eigenvalue weighted by Crippen LogP contribution is -2.26. The molecule has 0 fully saturated rings. The molecule has 1 aromatic heterocycles. The van der Waals surface area contributed by atoms with Crippen LogP contribution in [0.5, 0.6) is 0 Å². The summed E-state index contributed by atoms with van der Waals surface area (Å²) >= 11 is 0. The maximum Gasteiger partial charge on any atom is 0.307 e. The average Bonchev–Trinajstić information content (AvgIpc) is 2.62. The van der Waals surface area contributed by atoms with Crippen molar-refractivity contribution in [1.82, 2.24) is 9.88 Å². The first-order valence-corrected chi connectivity index (χ1v) is 4.59. The SMILES string of the molecule is O=C(O)C/C=C1\NCCn2cccc21. The Bertz CT molecular complexity index is 379. The normalized spacial score (nSPS) is 17.6. The van der Waals surface area contributed by atoms with Crippen molar-refractivity contribution in [3.05, 3.63) is 30.1 Å². The zero-order chi connectivity index (χ0) is 9.97. The highest BCUT2D eigenvalue weighted by Gasteiger charge is 2.11. The predicted octanol–water partition coefficient (Wildman–Crippen LogP) is 0.907. The zero-order valence-electron chi connectivity index (χ0n) is 7.73. The van der Waals surface area contributed by atoms with Gasteiger partial charge in [-0.3, -0.25) is 4.79 Å². The van der Waals surface area contributed by atoms with Crippen LogP contribution in [0.15, 0.2) is 24.4 Å². The molecule has 0 spiro atoms. The Labute approximate surface area is 81.9 Å². The number of nitrogens with one attached hydrogen (secondary N) is 1. The van der Waals surface area contributed by atoms with Crippen LogP contribution >= 0.6 is 0 Å². The minimum Gasteiger partial charge on any atom is -0.481 e. The molecule has 0 bridgehead atoms. The summed E-state index contributed by atoms with van der Waals surface area (Å²) in [4.78, 5) is 10.4. The first kappa shape index (κ1) is 8.87. The Morgan fingerprint density at radius 3 is 3.36 bits per heavy atom. The second-order valence-electron chi connectivity index (χ2n) is 3.23. The monoisotopic (exact) mass is 192 g/mol. The molecule has 74 valence electrons. The number of nitrogens with zero attached hydrogens (tertiary/aromatic N) is 1. The van der Waals surface area contributed by atoms with E-state index in [0.29, 0.717) is 0 Å². The average molecular weight is 192 g/mol. The van der Waals surface area contributed by atoms with Gasteiger partial charge >= 0.3 is 5.97 Å². The van der Waals surface area contributed by atoms with Crippen LogP contribution in [0.2, 0.25) is 0 Å². The van der Waals surface area contributed by atoms with Gasteiger partial charge in [0.15, 0.2) is 0 Å². The van der Waals surface area contributed by atoms with Gasteiger partial charge in [0.05, 0.1) is 17.8 Å². The van der Waals surface area contributed by atoms with Crippen molar-refractivity contribution >= 4 is 11.7 Å². The molecule has 0 saturated heterocycles. The maximum atomic E-state index is 10.4. The fourth-order valence-electron chi connectivity index (χ4n) is 1.62. The Kier molecular flexibility index (Phi) is 2.26. The van der Waals surface area contributed by atoms with Gasteiger partial charge in [-0.25, -0.2) is 0 Å². The van der Waals surface area contributed by atoms with E-state index in [2.05, 4.69) is 9.88 Å². The van der Waals surface area contributed by atoms with Crippen LogP contribution in [-0.2, 0) is 11.3 Å². The summed E-state index contributed by atoms with van der Waals surface area (Å²) < 4.78 is 2.12. The molecule has 4 nitrogen and oxygen atoms in total. The summed E-state index contributed by atoms with van der Waals surface area (Å²) in [5, 5.41) is 11.8. The lowest BCUT2D eigenvalue weighted by molar-refractivity contribution is -0.135. The van der Waals surface area contributed by atoms with Gasteiger partial charge in [0, 0.05) is 19.3 Å². The third-order valence-corrected chi connectivity index (χ3v) is 2.25. The molecule has 0 saturated carbocycles. The van der Waals surface area contributed by atoms with Gasteiger partial charge in [0.1, 0.15) is 0 Å². The molecule has 0 aromatic carbocycles. The fourth-order valence-corrected chi connectivity index (χ4v) is 1.62. The summed E-state index contributed by atoms with van der Waals surface area (Å²) in [6.07, 6.45) is 3.78. The summed E-state index contributed by atoms with van der Waals surface area (Å²) in [6, 6.07) is 3.96. The van der Waals surface area contributed by atoms with E-state index in [1.807, 2.05) is 18.3 Å². The number of aliphatic carboxylic acids is 1. The van der Waals surface area contributed by atoms with Crippen molar-refractivity contribution in [2.75, 3.05) is 6.54 Å². The molecule has 1 aliphatic heterocycles. The molecule has 14 heavy (non-hydrogen) atoms. The third-order valence-electron chi connectivity index (χ3n) is 2.25. The van der Waals surface area contributed by atoms with Crippen LogP contribution in [-0.4, -0.2) is 22.2 Å². The first-order chi connectivity index (χ1) is 6.77. The topological polar surface area (TPSA) is 54.3 Å². The van der Waals surface area contributed by atoms with Gasteiger partial charge in [-0.1, -0.05) is 0 Å². The van der Waals surface area contributed by atoms with E-state index in [9.17, 15) is 4.79 Å². The largest absolute Gasteiger partial charge is 0.481 e. The van der Waals surface area contributed by atoms with E-state index in [-0.39, 0.29) is 6.42 Å². The number of carboxylic acids is 1. The molecule has 2 N–H and O–H groups in total. The van der Waals surface area contributed by atoms with E-state index < -0.39 is 5.97 Å². The number of hydrogen-bond donors (Lipinski definition) is 2. The first-order valence-electron chi connectivity index (χ1n) is 4.59. The van der Waals surface area contributed by atoms with Gasteiger partial charge in [0.2, 0.25) is 0 Å². The number of rotatable bonds is 2. The summed E-state index contributed by atoms with van der Waals surface area (Å²) in [5.74, 6) is -0.803. The Hall–Kier alpha value is -1.71. The highest BCUT2D eigenvalue weighted by molar-refractivity contribution is 5.73. The quantitative estimate of drug-likeness (QED) is 0.732. The zero-order valence-corrected chi connectivity index (χ0v) is 7.73. The van der Waals surface area contributed by atoms with Crippen LogP contribution < -0.4 is 5.32 Å². The van der Waals surface area contributed by atoms with Gasteiger partial charge < -0.3 is 15.0 Å². The fraction of sp³-hybridized carbons (Fsp3) is 0.300. The van der Waals surface area contributed by atoms with Crippen LogP contribution in [0.25, 0.3) is 5.70 Å². The molecule has 1 aromatic rings. The van der Waals surface area contributed by atoms with Crippen molar-refractivity contribution in [3.8, 4) is 0 Å². The van der Waals surface area contributed by atoms with E-state index in [4.69, 9.17) is 5.11 Å². The van der Waals surface area contributed by atoms with E-state index >= 15 is 0 Å². The number of fused-ring (bicyclic) bond motifs is 1. The molecular formula is C10H12N2O2. The highest BCUT2D eigenvalue weighted by atomic mass is 16.4. The van der Waals surface area contributed by atoms with Crippen molar-refractivity contribution in [2.24, 2.45) is 0 Å². The number of hydrogen-bond acceptors (Lipinski definition) is 2. The third kappa shape index (κ3) is 1.64. The lowest BCUT2D eigenvalue weighted by Gasteiger charge is -2.20. The van der Waals surface area contributed by atoms with Crippen molar-refractivity contribution in [2.45, 2.75) is 13.0 Å². The summed E-state index contributed by atoms with van der Waals surface area (Å²) in [5.41, 5.74) is 1.99. The highest BCUT2D eigenvalue weighted by Crippen LogP contribution is 2.16. The summed E-state index contributed by atoms with van der Waals surface area (Å²) in [6.45, 7) is 1.79. The standard InChI is InChI=1S/C10H12N2O2/c13-10(14)4-3-8-9-2-1-6-12(9)7-5-11-8/h1-3,6,11H,4-5,7H2,(H,13,14)/b8-3-. The maximum absolute atomic E-state index is 10.4. The van der Waals surface area contributed by atoms with Crippen LogP contribution in [0.3, 0.4) is 0 Å². The van der Waals surface area contributed by atoms with Crippen molar-refractivity contribution in [3.63, 3.8) is 0 Å². The van der Waals surface area contributed by atoms with Gasteiger partial charge in [-0.15, -0.1) is 0 Å². The second-order valence-corrected chi connectivity index (χ2v) is 3.23. The Morgan fingerprint density at radius 2 is 2.57 bits per heavy atom. The number of aromatic nitrogens is 1. The van der Waals surface area contributed by atoms with Gasteiger partial charge in [-0.2, -0.15) is 0 Å². The molecule has 0 aliphatic carbocycles. The molecule has 0 atom stereocenters. The minimum atomic E-state index is -0.803. The van der Waals surface area contributed by atoms with Crippen LogP contribution in [0.4, 0.5) is 0 Å². The number of carboxylic acid groups (broad SMARTS) is 1. The molecule has 0 amide bonds. The molecule has 0 unspecified atom stereocenters. The van der Waals surface area contributed by atoms with Crippen LogP contribution in [0, 0.1) is 0 Å². The van der Waals surface area contributed by atoms with E-state index in [1.54, 1.807) is 6.08 Å². The molecule has 2 rings (SSSR count).